The standard InChI is InChI=1S/C24H21F3N4O2/c1-12(2)22-28-10-13(11-29-22)15-7-19-17(8-16(15)25)30-23-20(32)9-18(31(19)23)14-5-3-4-6-21(14)33-24(26)27/h3-8,10-12,18,20,24,32H,9H2,1-2H3/t18-,20-/m1/s1. The summed E-state index contributed by atoms with van der Waals surface area (Å²) in [5.74, 6) is 0.684. The third-order valence-corrected chi connectivity index (χ3v) is 5.86. The molecule has 0 saturated heterocycles. The second kappa shape index (κ2) is 8.15. The third kappa shape index (κ3) is 3.72. The van der Waals surface area contributed by atoms with Crippen molar-refractivity contribution in [3.8, 4) is 16.9 Å². The molecule has 0 unspecified atom stereocenters. The van der Waals surface area contributed by atoms with Gasteiger partial charge in [0.2, 0.25) is 0 Å². The van der Waals surface area contributed by atoms with Gasteiger partial charge in [0.25, 0.3) is 0 Å². The number of hydrogen-bond acceptors (Lipinski definition) is 5. The van der Waals surface area contributed by atoms with E-state index in [9.17, 15) is 18.3 Å². The Morgan fingerprint density at radius 3 is 2.55 bits per heavy atom. The zero-order valence-corrected chi connectivity index (χ0v) is 17.9. The first kappa shape index (κ1) is 21.4. The van der Waals surface area contributed by atoms with Crippen molar-refractivity contribution in [1.82, 2.24) is 19.5 Å². The zero-order chi connectivity index (χ0) is 23.3. The molecule has 1 aliphatic heterocycles. The molecular formula is C24H21F3N4O2. The molecule has 0 radical (unpaired) electrons. The van der Waals surface area contributed by atoms with Gasteiger partial charge in [0, 0.05) is 47.5 Å². The molecule has 2 atom stereocenters. The molecule has 0 spiro atoms. The molecule has 33 heavy (non-hydrogen) atoms. The molecular weight excluding hydrogens is 433 g/mol. The Morgan fingerprint density at radius 1 is 1.12 bits per heavy atom. The van der Waals surface area contributed by atoms with E-state index >= 15 is 0 Å². The zero-order valence-electron chi connectivity index (χ0n) is 17.9. The second-order valence-corrected chi connectivity index (χ2v) is 8.33. The van der Waals surface area contributed by atoms with Crippen LogP contribution >= 0.6 is 0 Å². The number of alkyl halides is 2. The Labute approximate surface area is 187 Å². The first-order chi connectivity index (χ1) is 15.8. The minimum atomic E-state index is -2.98. The highest BCUT2D eigenvalue weighted by Gasteiger charge is 2.36. The van der Waals surface area contributed by atoms with Gasteiger partial charge in [0.05, 0.1) is 17.1 Å². The second-order valence-electron chi connectivity index (χ2n) is 8.33. The number of halogens is 3. The number of benzene rings is 2. The van der Waals surface area contributed by atoms with Crippen LogP contribution in [0, 0.1) is 5.82 Å². The fourth-order valence-electron chi connectivity index (χ4n) is 4.34. The van der Waals surface area contributed by atoms with Gasteiger partial charge in [-0.2, -0.15) is 8.78 Å². The maximum atomic E-state index is 15.0. The number of ether oxygens (including phenoxy) is 1. The molecule has 1 aliphatic rings. The molecule has 2 aromatic carbocycles. The summed E-state index contributed by atoms with van der Waals surface area (Å²) in [6, 6.07) is 8.90. The van der Waals surface area contributed by atoms with Gasteiger partial charge < -0.3 is 14.4 Å². The number of fused-ring (bicyclic) bond motifs is 3. The molecule has 9 heteroatoms. The highest BCUT2D eigenvalue weighted by atomic mass is 19.3. The Balaban J connectivity index is 1.65. The molecule has 5 rings (SSSR count). The predicted octanol–water partition coefficient (Wildman–Crippen LogP) is 5.38. The Kier molecular flexibility index (Phi) is 5.28. The highest BCUT2D eigenvalue weighted by Crippen LogP contribution is 2.44. The summed E-state index contributed by atoms with van der Waals surface area (Å²) in [7, 11) is 0. The number of aromatic nitrogens is 4. The van der Waals surface area contributed by atoms with Gasteiger partial charge >= 0.3 is 6.61 Å². The number of hydrogen-bond donors (Lipinski definition) is 1. The van der Waals surface area contributed by atoms with Crippen molar-refractivity contribution >= 4 is 11.0 Å². The van der Waals surface area contributed by atoms with Gasteiger partial charge in [-0.1, -0.05) is 32.0 Å². The fraction of sp³-hybridized carbons (Fsp3) is 0.292. The van der Waals surface area contributed by atoms with E-state index < -0.39 is 24.6 Å². The van der Waals surface area contributed by atoms with Gasteiger partial charge in [-0.3, -0.25) is 0 Å². The highest BCUT2D eigenvalue weighted by molar-refractivity contribution is 5.83. The minimum absolute atomic E-state index is 0.0272. The SMILES string of the molecule is CC(C)c1ncc(-c2cc3c(cc2F)nc2n3[C@@H](c3ccccc3OC(F)F)C[C@H]2O)cn1. The van der Waals surface area contributed by atoms with E-state index in [4.69, 9.17) is 4.74 Å². The van der Waals surface area contributed by atoms with Crippen molar-refractivity contribution in [3.05, 3.63) is 71.8 Å². The van der Waals surface area contributed by atoms with Crippen LogP contribution in [0.1, 0.15) is 55.5 Å². The van der Waals surface area contributed by atoms with E-state index in [0.717, 1.165) is 0 Å². The molecule has 2 aromatic heterocycles. The average Bonchev–Trinajstić information content (AvgIpc) is 3.30. The fourth-order valence-corrected chi connectivity index (χ4v) is 4.34. The molecule has 0 bridgehead atoms. The van der Waals surface area contributed by atoms with Crippen molar-refractivity contribution in [3.63, 3.8) is 0 Å². The third-order valence-electron chi connectivity index (χ3n) is 5.86. The van der Waals surface area contributed by atoms with Crippen molar-refractivity contribution < 1.29 is 23.0 Å². The molecule has 3 heterocycles. The summed E-state index contributed by atoms with van der Waals surface area (Å²) in [6.45, 7) is 0.960. The van der Waals surface area contributed by atoms with Gasteiger partial charge in [-0.05, 0) is 12.1 Å². The van der Waals surface area contributed by atoms with E-state index in [2.05, 4.69) is 15.0 Å². The van der Waals surface area contributed by atoms with Crippen LogP contribution in [-0.2, 0) is 0 Å². The number of nitrogens with zero attached hydrogens (tertiary/aromatic N) is 4. The summed E-state index contributed by atoms with van der Waals surface area (Å²) >= 11 is 0. The van der Waals surface area contributed by atoms with E-state index in [0.29, 0.717) is 33.8 Å². The smallest absolute Gasteiger partial charge is 0.387 e. The number of para-hydroxylation sites is 1. The minimum Gasteiger partial charge on any atom is -0.434 e. The van der Waals surface area contributed by atoms with Gasteiger partial charge in [0.1, 0.15) is 29.3 Å². The summed E-state index contributed by atoms with van der Waals surface area (Å²) in [5.41, 5.74) is 2.22. The Morgan fingerprint density at radius 2 is 1.85 bits per heavy atom. The molecule has 4 aromatic rings. The van der Waals surface area contributed by atoms with Crippen molar-refractivity contribution in [2.75, 3.05) is 0 Å². The monoisotopic (exact) mass is 454 g/mol. The largest absolute Gasteiger partial charge is 0.434 e. The predicted molar refractivity (Wildman–Crippen MR) is 116 cm³/mol. The molecule has 0 aliphatic carbocycles. The van der Waals surface area contributed by atoms with Crippen molar-refractivity contribution in [2.24, 2.45) is 0 Å². The maximum absolute atomic E-state index is 15.0. The van der Waals surface area contributed by atoms with Crippen LogP contribution in [0.4, 0.5) is 13.2 Å². The normalized spacial score (nSPS) is 17.8. The lowest BCUT2D eigenvalue weighted by molar-refractivity contribution is -0.0507. The van der Waals surface area contributed by atoms with Crippen LogP contribution in [0.5, 0.6) is 5.75 Å². The summed E-state index contributed by atoms with van der Waals surface area (Å²) in [6.07, 6.45) is 2.46. The Bertz CT molecular complexity index is 1320. The van der Waals surface area contributed by atoms with E-state index in [1.165, 1.54) is 12.1 Å². The summed E-state index contributed by atoms with van der Waals surface area (Å²) in [4.78, 5) is 13.1. The van der Waals surface area contributed by atoms with Gasteiger partial charge in [0.15, 0.2) is 0 Å². The first-order valence-electron chi connectivity index (χ1n) is 10.6. The van der Waals surface area contributed by atoms with Crippen molar-refractivity contribution in [1.29, 1.82) is 0 Å². The number of imidazole rings is 1. The van der Waals surface area contributed by atoms with Crippen LogP contribution in [0.2, 0.25) is 0 Å². The molecule has 6 nitrogen and oxygen atoms in total. The summed E-state index contributed by atoms with van der Waals surface area (Å²) < 4.78 is 47.4. The summed E-state index contributed by atoms with van der Waals surface area (Å²) in [5, 5.41) is 10.6. The maximum Gasteiger partial charge on any atom is 0.387 e. The van der Waals surface area contributed by atoms with Gasteiger partial charge in [-0.25, -0.2) is 19.3 Å². The van der Waals surface area contributed by atoms with Crippen LogP contribution in [-0.4, -0.2) is 31.2 Å². The number of rotatable bonds is 5. The first-order valence-corrected chi connectivity index (χ1v) is 10.6. The topological polar surface area (TPSA) is 73.1 Å². The average molecular weight is 454 g/mol. The van der Waals surface area contributed by atoms with E-state index in [-0.39, 0.29) is 23.7 Å². The Hall–Kier alpha value is -3.46. The van der Waals surface area contributed by atoms with Crippen molar-refractivity contribution in [2.45, 2.75) is 44.9 Å². The number of aliphatic hydroxyl groups is 1. The molecule has 170 valence electrons. The van der Waals surface area contributed by atoms with Crippen LogP contribution in [0.3, 0.4) is 0 Å². The molecule has 0 amide bonds. The lowest BCUT2D eigenvalue weighted by atomic mass is 10.0. The van der Waals surface area contributed by atoms with Crippen LogP contribution < -0.4 is 4.74 Å². The quantitative estimate of drug-likeness (QED) is 0.438. The van der Waals surface area contributed by atoms with E-state index in [1.54, 1.807) is 41.2 Å². The van der Waals surface area contributed by atoms with E-state index in [1.807, 2.05) is 13.8 Å². The molecule has 1 N–H and O–H groups in total. The van der Waals surface area contributed by atoms with Gasteiger partial charge in [-0.15, -0.1) is 0 Å². The molecule has 0 saturated carbocycles. The van der Waals surface area contributed by atoms with Crippen LogP contribution in [0.25, 0.3) is 22.2 Å². The lowest BCUT2D eigenvalue weighted by Crippen LogP contribution is -2.10. The molecule has 0 fully saturated rings. The number of aliphatic hydroxyl groups excluding tert-OH is 1. The lowest BCUT2D eigenvalue weighted by Gasteiger charge is -2.19. The van der Waals surface area contributed by atoms with Crippen LogP contribution in [0.15, 0.2) is 48.8 Å².